The van der Waals surface area contributed by atoms with Crippen molar-refractivity contribution in [2.24, 2.45) is 7.05 Å². The minimum atomic E-state index is -0.191. The Morgan fingerprint density at radius 2 is 2.06 bits per heavy atom. The molecule has 5 nitrogen and oxygen atoms in total. The number of aliphatic hydroxyl groups is 1. The second-order valence-electron chi connectivity index (χ2n) is 4.26. The third-order valence-corrected chi connectivity index (χ3v) is 2.96. The Hall–Kier alpha value is -2.01. The molecule has 2 aromatic rings. The second kappa shape index (κ2) is 5.10. The van der Waals surface area contributed by atoms with E-state index >= 15 is 0 Å². The molecule has 0 aliphatic heterocycles. The van der Waals surface area contributed by atoms with E-state index in [1.165, 1.54) is 0 Å². The summed E-state index contributed by atoms with van der Waals surface area (Å²) in [6.45, 7) is 1.85. The number of nitrogens with two attached hydrogens (primary N) is 1. The van der Waals surface area contributed by atoms with Gasteiger partial charge in [-0.3, -0.25) is 4.68 Å². The van der Waals surface area contributed by atoms with E-state index in [0.29, 0.717) is 5.69 Å². The Bertz CT molecular complexity index is 521. The topological polar surface area (TPSA) is 76.1 Å². The third kappa shape index (κ3) is 2.31. The molecule has 18 heavy (non-hydrogen) atoms. The Balaban J connectivity index is 2.26. The summed E-state index contributed by atoms with van der Waals surface area (Å²) >= 11 is 0. The number of nitrogens with zero attached hydrogens (tertiary/aromatic N) is 2. The maximum Gasteiger partial charge on any atom is 0.148 e. The zero-order valence-corrected chi connectivity index (χ0v) is 10.6. The molecule has 96 valence electrons. The van der Waals surface area contributed by atoms with Gasteiger partial charge in [-0.05, 0) is 12.5 Å². The summed E-state index contributed by atoms with van der Waals surface area (Å²) < 4.78 is 1.69. The number of aromatic nitrogens is 2. The molecule has 1 atom stereocenters. The predicted molar refractivity (Wildman–Crippen MR) is 72.2 cm³/mol. The van der Waals surface area contributed by atoms with Gasteiger partial charge in [-0.2, -0.15) is 5.10 Å². The van der Waals surface area contributed by atoms with E-state index in [1.807, 2.05) is 44.3 Å². The molecule has 1 aromatic heterocycles. The number of hydrogen-bond donors (Lipinski definition) is 3. The molecule has 0 amide bonds. The van der Waals surface area contributed by atoms with Gasteiger partial charge < -0.3 is 16.2 Å². The first-order valence-electron chi connectivity index (χ1n) is 5.85. The molecule has 1 heterocycles. The highest BCUT2D eigenvalue weighted by molar-refractivity contribution is 5.65. The minimum Gasteiger partial charge on any atom is -0.394 e. The Morgan fingerprint density at radius 1 is 1.39 bits per heavy atom. The van der Waals surface area contributed by atoms with Crippen molar-refractivity contribution < 1.29 is 5.11 Å². The van der Waals surface area contributed by atoms with E-state index in [4.69, 9.17) is 5.73 Å². The lowest BCUT2D eigenvalue weighted by Crippen LogP contribution is -2.17. The molecule has 1 aromatic carbocycles. The van der Waals surface area contributed by atoms with Crippen molar-refractivity contribution in [3.63, 3.8) is 0 Å². The summed E-state index contributed by atoms with van der Waals surface area (Å²) in [5, 5.41) is 17.0. The molecule has 0 aliphatic carbocycles. The van der Waals surface area contributed by atoms with Gasteiger partial charge in [0.1, 0.15) is 5.82 Å². The minimum absolute atomic E-state index is 0.00627. The van der Waals surface area contributed by atoms with Gasteiger partial charge in [0.2, 0.25) is 0 Å². The fourth-order valence-corrected chi connectivity index (χ4v) is 1.93. The Labute approximate surface area is 106 Å². The molecule has 0 aliphatic rings. The van der Waals surface area contributed by atoms with Crippen molar-refractivity contribution in [1.29, 1.82) is 0 Å². The molecular formula is C13H18N4O. The second-order valence-corrected chi connectivity index (χ2v) is 4.26. The first-order chi connectivity index (χ1) is 8.63. The van der Waals surface area contributed by atoms with Crippen LogP contribution in [0.25, 0.3) is 0 Å². The van der Waals surface area contributed by atoms with Crippen molar-refractivity contribution in [2.45, 2.75) is 13.0 Å². The zero-order chi connectivity index (χ0) is 13.1. The number of aliphatic hydroxyl groups excluding tert-OH is 1. The van der Waals surface area contributed by atoms with Gasteiger partial charge in [0.05, 0.1) is 24.0 Å². The molecule has 0 radical (unpaired) electrons. The number of nitrogens with one attached hydrogen (secondary N) is 1. The molecule has 0 spiro atoms. The van der Waals surface area contributed by atoms with E-state index in [0.717, 1.165) is 17.1 Å². The van der Waals surface area contributed by atoms with E-state index in [1.54, 1.807) is 4.68 Å². The molecule has 0 saturated heterocycles. The highest BCUT2D eigenvalue weighted by Crippen LogP contribution is 2.25. The average molecular weight is 246 g/mol. The van der Waals surface area contributed by atoms with Gasteiger partial charge in [-0.25, -0.2) is 0 Å². The number of anilines is 2. The lowest BCUT2D eigenvalue weighted by molar-refractivity contribution is 0.276. The number of rotatable bonds is 4. The van der Waals surface area contributed by atoms with Crippen LogP contribution < -0.4 is 11.1 Å². The highest BCUT2D eigenvalue weighted by Gasteiger charge is 2.15. The van der Waals surface area contributed by atoms with Crippen molar-refractivity contribution in [3.05, 3.63) is 41.6 Å². The summed E-state index contributed by atoms with van der Waals surface area (Å²) in [5.74, 6) is 0.732. The zero-order valence-electron chi connectivity index (χ0n) is 10.6. The van der Waals surface area contributed by atoms with Crippen LogP contribution in [-0.4, -0.2) is 21.5 Å². The molecule has 5 heteroatoms. The van der Waals surface area contributed by atoms with Crippen LogP contribution in [0.15, 0.2) is 30.3 Å². The van der Waals surface area contributed by atoms with Crippen LogP contribution in [0.2, 0.25) is 0 Å². The van der Waals surface area contributed by atoms with Gasteiger partial charge in [0.25, 0.3) is 0 Å². The average Bonchev–Trinajstić information content (AvgIpc) is 2.62. The van der Waals surface area contributed by atoms with Gasteiger partial charge in [-0.15, -0.1) is 0 Å². The quantitative estimate of drug-likeness (QED) is 0.763. The SMILES string of the molecule is Cc1nn(C)c(NC(CO)c2ccccc2)c1N. The molecule has 0 fully saturated rings. The lowest BCUT2D eigenvalue weighted by atomic mass is 10.1. The van der Waals surface area contributed by atoms with Crippen LogP contribution in [0, 0.1) is 6.92 Å². The molecule has 2 rings (SSSR count). The first-order valence-corrected chi connectivity index (χ1v) is 5.85. The number of aryl methyl sites for hydroxylation is 2. The van der Waals surface area contributed by atoms with Gasteiger partial charge in [0, 0.05) is 7.05 Å². The summed E-state index contributed by atoms with van der Waals surface area (Å²) in [4.78, 5) is 0. The Kier molecular flexibility index (Phi) is 3.53. The first kappa shape index (κ1) is 12.4. The Morgan fingerprint density at radius 3 is 2.56 bits per heavy atom. The number of benzene rings is 1. The number of nitrogen functional groups attached to an aromatic ring is 1. The molecule has 4 N–H and O–H groups in total. The predicted octanol–water partition coefficient (Wildman–Crippen LogP) is 1.46. The highest BCUT2D eigenvalue weighted by atomic mass is 16.3. The lowest BCUT2D eigenvalue weighted by Gasteiger charge is -2.18. The third-order valence-electron chi connectivity index (χ3n) is 2.96. The van der Waals surface area contributed by atoms with Gasteiger partial charge in [0.15, 0.2) is 0 Å². The van der Waals surface area contributed by atoms with Crippen LogP contribution in [-0.2, 0) is 7.05 Å². The maximum absolute atomic E-state index is 9.50. The standard InChI is InChI=1S/C13H18N4O/c1-9-12(14)13(17(2)16-9)15-11(8-18)10-6-4-3-5-7-10/h3-7,11,15,18H,8,14H2,1-2H3. The van der Waals surface area contributed by atoms with Crippen LogP contribution in [0.3, 0.4) is 0 Å². The van der Waals surface area contributed by atoms with Crippen LogP contribution in [0.5, 0.6) is 0 Å². The largest absolute Gasteiger partial charge is 0.394 e. The van der Waals surface area contributed by atoms with Crippen LogP contribution in [0.1, 0.15) is 17.3 Å². The van der Waals surface area contributed by atoms with Gasteiger partial charge in [-0.1, -0.05) is 30.3 Å². The fraction of sp³-hybridized carbons (Fsp3) is 0.308. The van der Waals surface area contributed by atoms with Crippen molar-refractivity contribution in [1.82, 2.24) is 9.78 Å². The molecule has 0 saturated carbocycles. The van der Waals surface area contributed by atoms with Crippen LogP contribution in [0.4, 0.5) is 11.5 Å². The van der Waals surface area contributed by atoms with E-state index in [9.17, 15) is 5.11 Å². The summed E-state index contributed by atoms with van der Waals surface area (Å²) in [6, 6.07) is 9.57. The van der Waals surface area contributed by atoms with E-state index in [-0.39, 0.29) is 12.6 Å². The van der Waals surface area contributed by atoms with Crippen LogP contribution >= 0.6 is 0 Å². The van der Waals surface area contributed by atoms with E-state index in [2.05, 4.69) is 10.4 Å². The molecular weight excluding hydrogens is 228 g/mol. The van der Waals surface area contributed by atoms with Crippen molar-refractivity contribution in [2.75, 3.05) is 17.7 Å². The summed E-state index contributed by atoms with van der Waals surface area (Å²) in [7, 11) is 1.82. The fourth-order valence-electron chi connectivity index (χ4n) is 1.93. The van der Waals surface area contributed by atoms with Crippen molar-refractivity contribution in [3.8, 4) is 0 Å². The smallest absolute Gasteiger partial charge is 0.148 e. The summed E-state index contributed by atoms with van der Waals surface area (Å²) in [6.07, 6.45) is 0. The normalized spacial score (nSPS) is 12.4. The van der Waals surface area contributed by atoms with Gasteiger partial charge >= 0.3 is 0 Å². The number of hydrogen-bond acceptors (Lipinski definition) is 4. The van der Waals surface area contributed by atoms with Crippen molar-refractivity contribution >= 4 is 11.5 Å². The molecule has 0 bridgehead atoms. The van der Waals surface area contributed by atoms with E-state index < -0.39 is 0 Å². The summed E-state index contributed by atoms with van der Waals surface area (Å²) in [5.41, 5.74) is 8.37. The molecule has 1 unspecified atom stereocenters. The maximum atomic E-state index is 9.50. The monoisotopic (exact) mass is 246 g/mol.